The van der Waals surface area contributed by atoms with E-state index in [1.807, 2.05) is 0 Å². The van der Waals surface area contributed by atoms with Crippen molar-refractivity contribution in [2.75, 3.05) is 18.0 Å². The van der Waals surface area contributed by atoms with Crippen LogP contribution in [0.1, 0.15) is 12.8 Å². The van der Waals surface area contributed by atoms with Crippen molar-refractivity contribution < 1.29 is 22.8 Å². The van der Waals surface area contributed by atoms with Crippen LogP contribution in [-0.4, -0.2) is 24.1 Å². The summed E-state index contributed by atoms with van der Waals surface area (Å²) < 4.78 is 45.6. The van der Waals surface area contributed by atoms with Crippen LogP contribution in [0, 0.1) is 27.6 Å². The quantitative estimate of drug-likeness (QED) is 0.615. The van der Waals surface area contributed by atoms with Crippen LogP contribution in [0.3, 0.4) is 0 Å². The van der Waals surface area contributed by atoms with Crippen LogP contribution in [0.15, 0.2) is 36.4 Å². The highest BCUT2D eigenvalue weighted by molar-refractivity contribution is 5.63. The maximum absolute atomic E-state index is 13.6. The second kappa shape index (κ2) is 7.00. The lowest BCUT2D eigenvalue weighted by molar-refractivity contribution is -0.384. The van der Waals surface area contributed by atoms with Gasteiger partial charge in [-0.15, -0.1) is 0 Å². The third-order valence-electron chi connectivity index (χ3n) is 4.10. The Labute approximate surface area is 141 Å². The van der Waals surface area contributed by atoms with Gasteiger partial charge in [-0.3, -0.25) is 10.1 Å². The fourth-order valence-electron chi connectivity index (χ4n) is 2.87. The molecule has 5 nitrogen and oxygen atoms in total. The van der Waals surface area contributed by atoms with Crippen LogP contribution >= 0.6 is 0 Å². The maximum atomic E-state index is 13.6. The van der Waals surface area contributed by atoms with Gasteiger partial charge in [-0.2, -0.15) is 0 Å². The minimum absolute atomic E-state index is 0.0309. The summed E-state index contributed by atoms with van der Waals surface area (Å²) in [6.45, 7) is 0.801. The second-order valence-corrected chi connectivity index (χ2v) is 5.77. The molecule has 132 valence electrons. The first-order chi connectivity index (χ1) is 11.9. The number of hydrogen-bond acceptors (Lipinski definition) is 4. The van der Waals surface area contributed by atoms with Gasteiger partial charge in [-0.1, -0.05) is 0 Å². The fraction of sp³-hybridized carbons (Fsp3) is 0.294. The summed E-state index contributed by atoms with van der Waals surface area (Å²) in [5, 5.41) is 11.1. The molecule has 2 aromatic carbocycles. The molecule has 2 aromatic rings. The van der Waals surface area contributed by atoms with Crippen molar-refractivity contribution in [3.05, 3.63) is 64.0 Å². The van der Waals surface area contributed by atoms with Gasteiger partial charge in [0.2, 0.25) is 0 Å². The van der Waals surface area contributed by atoms with Crippen LogP contribution in [0.2, 0.25) is 0 Å². The average Bonchev–Trinajstić information content (AvgIpc) is 2.58. The molecule has 0 unspecified atom stereocenters. The lowest BCUT2D eigenvalue weighted by Gasteiger charge is -2.33. The number of nitro benzene ring substituents is 1. The van der Waals surface area contributed by atoms with E-state index in [1.54, 1.807) is 4.90 Å². The zero-order chi connectivity index (χ0) is 18.0. The van der Waals surface area contributed by atoms with Gasteiger partial charge in [0.1, 0.15) is 23.4 Å². The van der Waals surface area contributed by atoms with E-state index in [-0.39, 0.29) is 23.2 Å². The Morgan fingerprint density at radius 1 is 1.04 bits per heavy atom. The van der Waals surface area contributed by atoms with Gasteiger partial charge in [-0.25, -0.2) is 13.2 Å². The Morgan fingerprint density at radius 2 is 1.68 bits per heavy atom. The van der Waals surface area contributed by atoms with Crippen molar-refractivity contribution in [1.82, 2.24) is 0 Å². The molecule has 1 fully saturated rings. The SMILES string of the molecule is O=[N+]([O-])c1ccc(F)cc1N1CCC(Oc2ccc(F)cc2F)CC1. The number of ether oxygens (including phenoxy) is 1. The molecular formula is C17H15F3N2O3. The molecule has 0 radical (unpaired) electrons. The van der Waals surface area contributed by atoms with Gasteiger partial charge in [0.15, 0.2) is 11.6 Å². The van der Waals surface area contributed by atoms with Crippen molar-refractivity contribution in [2.45, 2.75) is 18.9 Å². The van der Waals surface area contributed by atoms with E-state index >= 15 is 0 Å². The van der Waals surface area contributed by atoms with Crippen LogP contribution in [0.25, 0.3) is 0 Å². The zero-order valence-electron chi connectivity index (χ0n) is 13.1. The first kappa shape index (κ1) is 17.1. The minimum Gasteiger partial charge on any atom is -0.487 e. The Morgan fingerprint density at radius 3 is 2.32 bits per heavy atom. The van der Waals surface area contributed by atoms with Crippen LogP contribution in [-0.2, 0) is 0 Å². The molecule has 0 amide bonds. The number of hydrogen-bond donors (Lipinski definition) is 0. The number of nitrogens with zero attached hydrogens (tertiary/aromatic N) is 2. The predicted molar refractivity (Wildman–Crippen MR) is 85.3 cm³/mol. The molecule has 0 N–H and O–H groups in total. The summed E-state index contributed by atoms with van der Waals surface area (Å²) in [5.41, 5.74) is 0.0572. The van der Waals surface area contributed by atoms with Gasteiger partial charge >= 0.3 is 0 Å². The standard InChI is InChI=1S/C17H15F3N2O3/c18-11-2-4-17(14(20)9-11)25-13-5-7-21(8-6-13)16-10-12(19)1-3-15(16)22(23)24/h1-4,9-10,13H,5-8H2. The molecule has 0 aromatic heterocycles. The highest BCUT2D eigenvalue weighted by Crippen LogP contribution is 2.32. The Hall–Kier alpha value is -2.77. The van der Waals surface area contributed by atoms with E-state index in [0.29, 0.717) is 25.9 Å². The van der Waals surface area contributed by atoms with E-state index in [1.165, 1.54) is 6.07 Å². The molecule has 0 saturated carbocycles. The van der Waals surface area contributed by atoms with E-state index in [9.17, 15) is 23.3 Å². The third kappa shape index (κ3) is 3.84. The summed E-state index contributed by atoms with van der Waals surface area (Å²) in [6, 6.07) is 6.42. The van der Waals surface area contributed by atoms with E-state index in [2.05, 4.69) is 0 Å². The lowest BCUT2D eigenvalue weighted by atomic mass is 10.1. The summed E-state index contributed by atoms with van der Waals surface area (Å²) in [6.07, 6.45) is 0.651. The van der Waals surface area contributed by atoms with Crippen LogP contribution in [0.5, 0.6) is 5.75 Å². The largest absolute Gasteiger partial charge is 0.487 e. The Bertz CT molecular complexity index is 793. The van der Waals surface area contributed by atoms with E-state index < -0.39 is 22.4 Å². The van der Waals surface area contributed by atoms with E-state index in [0.717, 1.165) is 30.3 Å². The van der Waals surface area contributed by atoms with Crippen molar-refractivity contribution in [3.63, 3.8) is 0 Å². The molecule has 0 aliphatic carbocycles. The van der Waals surface area contributed by atoms with Gasteiger partial charge in [0.25, 0.3) is 5.69 Å². The van der Waals surface area contributed by atoms with Crippen molar-refractivity contribution in [2.24, 2.45) is 0 Å². The molecular weight excluding hydrogens is 337 g/mol. The number of halogens is 3. The first-order valence-electron chi connectivity index (χ1n) is 7.74. The van der Waals surface area contributed by atoms with Crippen molar-refractivity contribution in [1.29, 1.82) is 0 Å². The average molecular weight is 352 g/mol. The normalized spacial score (nSPS) is 15.2. The van der Waals surface area contributed by atoms with Crippen LogP contribution < -0.4 is 9.64 Å². The number of nitro groups is 1. The zero-order valence-corrected chi connectivity index (χ0v) is 13.1. The van der Waals surface area contributed by atoms with Crippen molar-refractivity contribution in [3.8, 4) is 5.75 Å². The van der Waals surface area contributed by atoms with Gasteiger partial charge < -0.3 is 9.64 Å². The molecule has 8 heteroatoms. The molecule has 0 bridgehead atoms. The number of benzene rings is 2. The van der Waals surface area contributed by atoms with Gasteiger partial charge in [0, 0.05) is 44.1 Å². The predicted octanol–water partition coefficient (Wildman–Crippen LogP) is 4.06. The number of rotatable bonds is 4. The Balaban J connectivity index is 1.68. The van der Waals surface area contributed by atoms with E-state index in [4.69, 9.17) is 4.74 Å². The topological polar surface area (TPSA) is 55.6 Å². The summed E-state index contributed by atoms with van der Waals surface area (Å²) in [5.74, 6) is -2.04. The minimum atomic E-state index is -0.775. The van der Waals surface area contributed by atoms with Crippen LogP contribution in [0.4, 0.5) is 24.5 Å². The molecule has 25 heavy (non-hydrogen) atoms. The van der Waals surface area contributed by atoms with Gasteiger partial charge in [0.05, 0.1) is 4.92 Å². The summed E-state index contributed by atoms with van der Waals surface area (Å²) in [4.78, 5) is 12.3. The lowest BCUT2D eigenvalue weighted by Crippen LogP contribution is -2.38. The molecule has 1 saturated heterocycles. The molecule has 0 atom stereocenters. The highest BCUT2D eigenvalue weighted by Gasteiger charge is 2.26. The summed E-state index contributed by atoms with van der Waals surface area (Å²) in [7, 11) is 0. The molecule has 3 rings (SSSR count). The fourth-order valence-corrected chi connectivity index (χ4v) is 2.87. The first-order valence-corrected chi connectivity index (χ1v) is 7.74. The monoisotopic (exact) mass is 352 g/mol. The smallest absolute Gasteiger partial charge is 0.292 e. The third-order valence-corrected chi connectivity index (χ3v) is 4.10. The number of piperidine rings is 1. The highest BCUT2D eigenvalue weighted by atomic mass is 19.1. The Kier molecular flexibility index (Phi) is 4.78. The maximum Gasteiger partial charge on any atom is 0.292 e. The van der Waals surface area contributed by atoms with Gasteiger partial charge in [-0.05, 0) is 18.2 Å². The summed E-state index contributed by atoms with van der Waals surface area (Å²) >= 11 is 0. The van der Waals surface area contributed by atoms with Crippen molar-refractivity contribution >= 4 is 11.4 Å². The molecule has 0 spiro atoms. The number of anilines is 1. The molecule has 1 aliphatic heterocycles. The second-order valence-electron chi connectivity index (χ2n) is 5.77. The molecule has 1 aliphatic rings. The molecule has 1 heterocycles.